The number of Topliss-reactive ketones (excluding diaryl/α,β-unsaturated/α-hetero) is 1. The van der Waals surface area contributed by atoms with Crippen LogP contribution in [-0.2, 0) is 6.18 Å². The molecule has 0 N–H and O–H groups in total. The Hall–Kier alpha value is -0.750. The van der Waals surface area contributed by atoms with E-state index >= 15 is 0 Å². The Morgan fingerprint density at radius 2 is 2.06 bits per heavy atom. The van der Waals surface area contributed by atoms with E-state index in [-0.39, 0.29) is 21.7 Å². The van der Waals surface area contributed by atoms with Crippen molar-refractivity contribution >= 4 is 33.3 Å². The van der Waals surface area contributed by atoms with E-state index in [1.54, 1.807) is 0 Å². The predicted molar refractivity (Wildman–Crippen MR) is 61.1 cm³/mol. The van der Waals surface area contributed by atoms with Gasteiger partial charge in [-0.1, -0.05) is 27.5 Å². The van der Waals surface area contributed by atoms with E-state index in [1.807, 2.05) is 0 Å². The molecule has 0 unspecified atom stereocenters. The number of alkyl halides is 4. The molecule has 0 amide bonds. The number of benzene rings is 1. The van der Waals surface area contributed by atoms with Gasteiger partial charge in [0.2, 0.25) is 0 Å². The highest BCUT2D eigenvalue weighted by molar-refractivity contribution is 9.09. The summed E-state index contributed by atoms with van der Waals surface area (Å²) in [6.45, 7) is 0. The molecule has 94 valence electrons. The van der Waals surface area contributed by atoms with Gasteiger partial charge in [0.1, 0.15) is 5.75 Å². The lowest BCUT2D eigenvalue weighted by Crippen LogP contribution is -2.10. The summed E-state index contributed by atoms with van der Waals surface area (Å²) < 4.78 is 42.4. The zero-order chi connectivity index (χ0) is 13.2. The topological polar surface area (TPSA) is 26.3 Å². The molecule has 0 aliphatic heterocycles. The second-order valence-corrected chi connectivity index (χ2v) is 4.03. The van der Waals surface area contributed by atoms with Crippen LogP contribution >= 0.6 is 27.5 Å². The third-order valence-electron chi connectivity index (χ3n) is 2.01. The molecule has 0 aliphatic carbocycles. The average Bonchev–Trinajstić information content (AvgIpc) is 2.26. The zero-order valence-corrected chi connectivity index (χ0v) is 10.9. The van der Waals surface area contributed by atoms with Crippen molar-refractivity contribution in [3.8, 4) is 5.75 Å². The maximum atomic E-state index is 12.6. The predicted octanol–water partition coefficient (Wildman–Crippen LogP) is 3.95. The molecular weight excluding hydrogens is 324 g/mol. The minimum atomic E-state index is -4.56. The number of ketones is 1. The number of ether oxygens (including phenoxy) is 1. The van der Waals surface area contributed by atoms with Crippen LogP contribution in [0.25, 0.3) is 0 Å². The Balaban J connectivity index is 3.44. The van der Waals surface area contributed by atoms with Crippen LogP contribution in [0.5, 0.6) is 5.75 Å². The van der Waals surface area contributed by atoms with Crippen LogP contribution in [0.4, 0.5) is 13.2 Å². The van der Waals surface area contributed by atoms with Gasteiger partial charge in [0, 0.05) is 5.56 Å². The van der Waals surface area contributed by atoms with E-state index in [0.717, 1.165) is 6.07 Å². The molecule has 7 heteroatoms. The highest BCUT2D eigenvalue weighted by Crippen LogP contribution is 2.37. The molecule has 0 bridgehead atoms. The van der Waals surface area contributed by atoms with Crippen molar-refractivity contribution in [1.29, 1.82) is 0 Å². The van der Waals surface area contributed by atoms with Crippen LogP contribution < -0.4 is 4.74 Å². The zero-order valence-electron chi connectivity index (χ0n) is 8.57. The van der Waals surface area contributed by atoms with E-state index < -0.39 is 17.5 Å². The molecule has 0 heterocycles. The van der Waals surface area contributed by atoms with Crippen molar-refractivity contribution in [3.63, 3.8) is 0 Å². The van der Waals surface area contributed by atoms with Crippen molar-refractivity contribution in [1.82, 2.24) is 0 Å². The minimum Gasteiger partial charge on any atom is -0.495 e. The number of carbonyl (C=O) groups excluding carboxylic acids is 1. The summed E-state index contributed by atoms with van der Waals surface area (Å²) in [5.74, 6) is -0.717. The van der Waals surface area contributed by atoms with Gasteiger partial charge in [-0.15, -0.1) is 0 Å². The summed E-state index contributed by atoms with van der Waals surface area (Å²) in [5.41, 5.74) is -1.18. The second-order valence-electron chi connectivity index (χ2n) is 3.09. The fourth-order valence-corrected chi connectivity index (χ4v) is 1.78. The van der Waals surface area contributed by atoms with Crippen LogP contribution in [0, 0.1) is 0 Å². The molecule has 0 saturated carbocycles. The molecule has 2 nitrogen and oxygen atoms in total. The Labute approximate surface area is 109 Å². The molecule has 0 radical (unpaired) electrons. The normalized spacial score (nSPS) is 11.4. The number of carbonyl (C=O) groups is 1. The number of hydrogen-bond acceptors (Lipinski definition) is 2. The molecule has 17 heavy (non-hydrogen) atoms. The summed E-state index contributed by atoms with van der Waals surface area (Å²) >= 11 is 8.65. The number of methoxy groups -OCH3 is 1. The molecule has 0 saturated heterocycles. The largest absolute Gasteiger partial charge is 0.495 e. The Kier molecular flexibility index (Phi) is 4.43. The fourth-order valence-electron chi connectivity index (χ4n) is 1.18. The van der Waals surface area contributed by atoms with E-state index in [0.29, 0.717) is 6.07 Å². The molecule has 1 aromatic carbocycles. The summed E-state index contributed by atoms with van der Waals surface area (Å²) in [6, 6.07) is 1.47. The maximum absolute atomic E-state index is 12.6. The highest BCUT2D eigenvalue weighted by atomic mass is 79.9. The number of rotatable bonds is 3. The monoisotopic (exact) mass is 330 g/mol. The molecule has 0 aromatic heterocycles. The quantitative estimate of drug-likeness (QED) is 0.619. The SMILES string of the molecule is COc1cc(C(F)(F)F)cc(C(=O)CBr)c1Cl. The Morgan fingerprint density at radius 3 is 2.47 bits per heavy atom. The summed E-state index contributed by atoms with van der Waals surface area (Å²) in [6.07, 6.45) is -4.56. The summed E-state index contributed by atoms with van der Waals surface area (Å²) in [4.78, 5) is 11.4. The van der Waals surface area contributed by atoms with E-state index in [4.69, 9.17) is 16.3 Å². The van der Waals surface area contributed by atoms with Gasteiger partial charge in [-0.3, -0.25) is 4.79 Å². The lowest BCUT2D eigenvalue weighted by atomic mass is 10.1. The van der Waals surface area contributed by atoms with Crippen molar-refractivity contribution in [3.05, 3.63) is 28.3 Å². The van der Waals surface area contributed by atoms with Crippen molar-refractivity contribution in [2.45, 2.75) is 6.18 Å². The molecule has 1 aromatic rings. The van der Waals surface area contributed by atoms with Crippen LogP contribution in [-0.4, -0.2) is 18.2 Å². The number of hydrogen-bond donors (Lipinski definition) is 0. The first-order chi connectivity index (χ1) is 7.81. The number of halogens is 5. The van der Waals surface area contributed by atoms with Gasteiger partial charge in [0.15, 0.2) is 5.78 Å². The van der Waals surface area contributed by atoms with Crippen molar-refractivity contribution < 1.29 is 22.7 Å². The van der Waals surface area contributed by atoms with Gasteiger partial charge in [-0.25, -0.2) is 0 Å². The summed E-state index contributed by atoms with van der Waals surface area (Å²) in [5, 5.41) is -0.234. The lowest BCUT2D eigenvalue weighted by Gasteiger charge is -2.12. The molecule has 0 atom stereocenters. The summed E-state index contributed by atoms with van der Waals surface area (Å²) in [7, 11) is 1.18. The van der Waals surface area contributed by atoms with Crippen LogP contribution in [0.15, 0.2) is 12.1 Å². The van der Waals surface area contributed by atoms with Gasteiger partial charge in [0.05, 0.1) is 23.0 Å². The van der Waals surface area contributed by atoms with E-state index in [9.17, 15) is 18.0 Å². The van der Waals surface area contributed by atoms with E-state index in [1.165, 1.54) is 7.11 Å². The van der Waals surface area contributed by atoms with Gasteiger partial charge < -0.3 is 4.74 Å². The Bertz CT molecular complexity index is 446. The van der Waals surface area contributed by atoms with Crippen LogP contribution in [0.1, 0.15) is 15.9 Å². The Morgan fingerprint density at radius 1 is 1.47 bits per heavy atom. The first kappa shape index (κ1) is 14.3. The molecular formula is C10H7BrClF3O2. The van der Waals surface area contributed by atoms with Crippen LogP contribution in [0.3, 0.4) is 0 Å². The standard InChI is InChI=1S/C10H7BrClF3O2/c1-17-8-3-5(10(13,14)15)2-6(9(8)12)7(16)4-11/h2-3H,4H2,1H3. The minimum absolute atomic E-state index is 0.114. The third kappa shape index (κ3) is 3.13. The van der Waals surface area contributed by atoms with Gasteiger partial charge in [-0.2, -0.15) is 13.2 Å². The van der Waals surface area contributed by atoms with Crippen LogP contribution in [0.2, 0.25) is 5.02 Å². The van der Waals surface area contributed by atoms with Crippen molar-refractivity contribution in [2.75, 3.05) is 12.4 Å². The fraction of sp³-hybridized carbons (Fsp3) is 0.300. The maximum Gasteiger partial charge on any atom is 0.416 e. The van der Waals surface area contributed by atoms with Crippen molar-refractivity contribution in [2.24, 2.45) is 0 Å². The molecule has 0 spiro atoms. The first-order valence-corrected chi connectivity index (χ1v) is 5.85. The van der Waals surface area contributed by atoms with Gasteiger partial charge >= 0.3 is 6.18 Å². The molecule has 0 fully saturated rings. The molecule has 0 aliphatic rings. The second kappa shape index (κ2) is 5.27. The average molecular weight is 332 g/mol. The molecule has 1 rings (SSSR count). The highest BCUT2D eigenvalue weighted by Gasteiger charge is 2.33. The lowest BCUT2D eigenvalue weighted by molar-refractivity contribution is -0.137. The third-order valence-corrected chi connectivity index (χ3v) is 2.91. The first-order valence-electron chi connectivity index (χ1n) is 4.35. The van der Waals surface area contributed by atoms with Gasteiger partial charge in [0.25, 0.3) is 0 Å². The van der Waals surface area contributed by atoms with E-state index in [2.05, 4.69) is 15.9 Å². The van der Waals surface area contributed by atoms with Gasteiger partial charge in [-0.05, 0) is 12.1 Å². The smallest absolute Gasteiger partial charge is 0.416 e.